The third kappa shape index (κ3) is 4.98. The molecule has 1 aliphatic heterocycles. The van der Waals surface area contributed by atoms with Gasteiger partial charge in [0.15, 0.2) is 5.79 Å². The summed E-state index contributed by atoms with van der Waals surface area (Å²) in [6.45, 7) is 7.89. The summed E-state index contributed by atoms with van der Waals surface area (Å²) < 4.78 is 18.8. The Hall–Kier alpha value is -0.573. The number of aromatic nitrogens is 2. The van der Waals surface area contributed by atoms with Gasteiger partial charge in [0.25, 0.3) is 0 Å². The molecule has 112 valence electrons. The van der Waals surface area contributed by atoms with Crippen molar-refractivity contribution in [3.05, 3.63) is 24.3 Å². The Morgan fingerprint density at radius 1 is 1.48 bits per heavy atom. The molecule has 1 aromatic heterocycles. The van der Waals surface area contributed by atoms with Crippen LogP contribution in [0.4, 0.5) is 0 Å². The zero-order chi connectivity index (χ0) is 14.4. The van der Waals surface area contributed by atoms with Crippen molar-refractivity contribution in [2.45, 2.75) is 52.2 Å². The minimum atomic E-state index is -0.407. The predicted octanol–water partition coefficient (Wildman–Crippen LogP) is -0.374. The van der Waals surface area contributed by atoms with Crippen molar-refractivity contribution in [2.24, 2.45) is 0 Å². The van der Waals surface area contributed by atoms with Crippen molar-refractivity contribution in [2.75, 3.05) is 13.2 Å². The molecule has 1 fully saturated rings. The molecule has 1 saturated heterocycles. The molecule has 0 N–H and O–H groups in total. The summed E-state index contributed by atoms with van der Waals surface area (Å²) in [5.41, 5.74) is 0.846. The van der Waals surface area contributed by atoms with E-state index >= 15 is 0 Å². The molecule has 0 saturated carbocycles. The van der Waals surface area contributed by atoms with Gasteiger partial charge in [-0.15, -0.1) is 12.3 Å². The molecule has 0 aromatic carbocycles. The summed E-state index contributed by atoms with van der Waals surface area (Å²) in [6, 6.07) is 0. The van der Waals surface area contributed by atoms with E-state index in [2.05, 4.69) is 25.2 Å². The number of ether oxygens (including phenoxy) is 3. The van der Waals surface area contributed by atoms with E-state index < -0.39 is 5.79 Å². The van der Waals surface area contributed by atoms with Crippen LogP contribution in [0.2, 0.25) is 0 Å². The van der Waals surface area contributed by atoms with Gasteiger partial charge < -0.3 is 23.8 Å². The smallest absolute Gasteiger partial charge is 0.432 e. The Morgan fingerprint density at radius 3 is 2.86 bits per heavy atom. The van der Waals surface area contributed by atoms with E-state index in [0.29, 0.717) is 19.9 Å². The molecule has 2 rings (SSSR count). The van der Waals surface area contributed by atoms with Gasteiger partial charge in [-0.25, -0.2) is 0 Å². The molecule has 0 bridgehead atoms. The molecule has 1 aliphatic rings. The Morgan fingerprint density at radius 2 is 2.24 bits per heavy atom. The van der Waals surface area contributed by atoms with Crippen LogP contribution in [0.15, 0.2) is 12.3 Å². The van der Waals surface area contributed by atoms with E-state index in [1.54, 1.807) is 4.57 Å². The van der Waals surface area contributed by atoms with Gasteiger partial charge in [0.05, 0.1) is 6.61 Å². The van der Waals surface area contributed by atoms with Crippen molar-refractivity contribution in [3.8, 4) is 0 Å². The maximum absolute atomic E-state index is 5.96. The molecule has 1 aromatic rings. The van der Waals surface area contributed by atoms with Gasteiger partial charge in [-0.3, -0.25) is 0 Å². The molecule has 5 nitrogen and oxygen atoms in total. The fraction of sp³-hybridized carbons (Fsp3) is 0.667. The Kier molecular flexibility index (Phi) is 7.72. The quantitative estimate of drug-likeness (QED) is 0.507. The van der Waals surface area contributed by atoms with Gasteiger partial charge in [-0.1, -0.05) is 25.6 Å². The normalized spacial score (nSPS) is 20.8. The molecule has 0 amide bonds. The second-order valence-corrected chi connectivity index (χ2v) is 4.80. The number of rotatable bonds is 7. The van der Waals surface area contributed by atoms with Crippen LogP contribution in [-0.4, -0.2) is 34.7 Å². The number of hydrogen-bond donors (Lipinski definition) is 0. The van der Waals surface area contributed by atoms with Crippen LogP contribution in [0.5, 0.6) is 0 Å². The Bertz CT molecular complexity index is 444. The van der Waals surface area contributed by atoms with Crippen LogP contribution in [0.3, 0.4) is 0 Å². The first-order valence-corrected chi connectivity index (χ1v) is 7.24. The number of hydrogen-bond acceptors (Lipinski definition) is 4. The van der Waals surface area contributed by atoms with Crippen LogP contribution in [0, 0.1) is 6.33 Å². The molecule has 6 heteroatoms. The largest absolute Gasteiger partial charge is 1.00 e. The van der Waals surface area contributed by atoms with E-state index in [-0.39, 0.29) is 25.0 Å². The number of nitrogens with zero attached hydrogens (tertiary/aromatic N) is 2. The monoisotopic (exact) mass is 286 g/mol. The molecule has 0 unspecified atom stereocenters. The van der Waals surface area contributed by atoms with Gasteiger partial charge in [-0.05, 0) is 19.8 Å². The molecular weight excluding hydrogens is 263 g/mol. The summed E-state index contributed by atoms with van der Waals surface area (Å²) in [4.78, 5) is 4.18. The van der Waals surface area contributed by atoms with Gasteiger partial charge in [-0.2, -0.15) is 0 Å². The summed E-state index contributed by atoms with van der Waals surface area (Å²) in [7, 11) is 0. The van der Waals surface area contributed by atoms with Crippen LogP contribution < -0.4 is 18.9 Å². The number of imidazole rings is 1. The Balaban J connectivity index is 0.00000220. The molecule has 21 heavy (non-hydrogen) atoms. The van der Waals surface area contributed by atoms with Gasteiger partial charge in [0.1, 0.15) is 12.8 Å². The first-order chi connectivity index (χ1) is 9.71. The summed E-state index contributed by atoms with van der Waals surface area (Å²) in [6.07, 6.45) is 10.4. The zero-order valence-electron chi connectivity index (χ0n) is 13.5. The molecule has 0 radical (unpaired) electrons. The van der Waals surface area contributed by atoms with Crippen molar-refractivity contribution >= 4 is 6.08 Å². The third-order valence-electron chi connectivity index (χ3n) is 3.47. The Labute approximate surface area is 138 Å². The zero-order valence-corrected chi connectivity index (χ0v) is 13.5. The topological polar surface area (TPSA) is 45.5 Å². The standard InChI is InChI=1S/C15H23N2O3.Li/c1-4-15(5-2)19-10-14(20-15)8-7-13-9-17(11-16-13)12-18-6-3;/h7-9,14H,4-6,10,12H2,1-3H3;/q-1;+1/b8-7+;/t14-;/m1./s1. The maximum atomic E-state index is 5.96. The van der Waals surface area contributed by atoms with Crippen LogP contribution >= 0.6 is 0 Å². The average molecular weight is 286 g/mol. The molecule has 0 aliphatic carbocycles. The molecule has 2 heterocycles. The third-order valence-corrected chi connectivity index (χ3v) is 3.47. The van der Waals surface area contributed by atoms with E-state index in [0.717, 1.165) is 18.5 Å². The first kappa shape index (κ1) is 18.5. The minimum Gasteiger partial charge on any atom is -0.432 e. The van der Waals surface area contributed by atoms with Crippen molar-refractivity contribution in [1.29, 1.82) is 0 Å². The van der Waals surface area contributed by atoms with Crippen LogP contribution in [0.25, 0.3) is 6.08 Å². The maximum Gasteiger partial charge on any atom is 1.00 e. The SMILES string of the molecule is CCOCn1[c-]nc(/C=C/[C@@H]2COC(CC)(CC)O2)c1.[Li+]. The van der Waals surface area contributed by atoms with Crippen LogP contribution in [-0.2, 0) is 20.9 Å². The fourth-order valence-corrected chi connectivity index (χ4v) is 2.17. The second kappa shape index (κ2) is 8.77. The van der Waals surface area contributed by atoms with Crippen molar-refractivity contribution in [1.82, 2.24) is 9.55 Å². The fourth-order valence-electron chi connectivity index (χ4n) is 2.17. The van der Waals surface area contributed by atoms with Gasteiger partial charge in [0, 0.05) is 12.9 Å². The van der Waals surface area contributed by atoms with E-state index in [9.17, 15) is 0 Å². The van der Waals surface area contributed by atoms with Crippen molar-refractivity contribution in [3.63, 3.8) is 0 Å². The second-order valence-electron chi connectivity index (χ2n) is 4.80. The predicted molar refractivity (Wildman–Crippen MR) is 75.9 cm³/mol. The summed E-state index contributed by atoms with van der Waals surface area (Å²) in [5.74, 6) is -0.407. The van der Waals surface area contributed by atoms with E-state index in [1.807, 2.05) is 25.3 Å². The van der Waals surface area contributed by atoms with Gasteiger partial charge >= 0.3 is 18.9 Å². The van der Waals surface area contributed by atoms with Crippen molar-refractivity contribution < 1.29 is 33.1 Å². The molecule has 0 spiro atoms. The molecular formula is C15H23LiN2O3. The minimum absolute atomic E-state index is 0. The van der Waals surface area contributed by atoms with Gasteiger partial charge in [0.2, 0.25) is 0 Å². The van der Waals surface area contributed by atoms with E-state index in [1.165, 1.54) is 0 Å². The van der Waals surface area contributed by atoms with E-state index in [4.69, 9.17) is 14.2 Å². The summed E-state index contributed by atoms with van der Waals surface area (Å²) in [5, 5.41) is 0. The average Bonchev–Trinajstić information content (AvgIpc) is 3.10. The molecule has 1 atom stereocenters. The summed E-state index contributed by atoms with van der Waals surface area (Å²) >= 11 is 0. The first-order valence-electron chi connectivity index (χ1n) is 7.24. The van der Waals surface area contributed by atoms with Crippen LogP contribution in [0.1, 0.15) is 39.3 Å².